The van der Waals surface area contributed by atoms with Crippen molar-refractivity contribution in [2.45, 2.75) is 367 Å². The van der Waals surface area contributed by atoms with Gasteiger partial charge in [-0.3, -0.25) is 14.4 Å². The lowest BCUT2D eigenvalue weighted by atomic mass is 10.0. The topological polar surface area (TPSA) is 78.9 Å². The molecule has 0 saturated carbocycles. The summed E-state index contributed by atoms with van der Waals surface area (Å²) in [6, 6.07) is 0. The summed E-state index contributed by atoms with van der Waals surface area (Å²) < 4.78 is 16.8. The summed E-state index contributed by atoms with van der Waals surface area (Å²) in [4.78, 5) is 38.1. The van der Waals surface area contributed by atoms with Crippen molar-refractivity contribution in [1.82, 2.24) is 0 Å². The van der Waals surface area contributed by atoms with Gasteiger partial charge in [-0.15, -0.1) is 0 Å². The molecule has 1 atom stereocenters. The van der Waals surface area contributed by atoms with E-state index in [-0.39, 0.29) is 31.1 Å². The third kappa shape index (κ3) is 65.7. The highest BCUT2D eigenvalue weighted by Gasteiger charge is 2.19. The molecule has 0 spiro atoms. The fraction of sp³-hybridized carbons (Fsp3) is 0.797. The van der Waals surface area contributed by atoms with E-state index in [0.717, 1.165) is 109 Å². The number of esters is 3. The van der Waals surface area contributed by atoms with Crippen LogP contribution in [-0.4, -0.2) is 37.2 Å². The average Bonchev–Trinajstić information content (AvgIpc) is 3.46. The standard InChI is InChI=1S/C74H132O6/c1-4-7-10-13-16-18-20-22-24-26-28-30-32-34-35-36-37-38-39-41-42-44-46-48-50-52-54-56-58-61-64-67-73(76)79-70-71(69-78-72(75)66-63-60-15-12-9-6-3)80-74(77)68-65-62-59-57-55-53-51-49-47-45-43-40-33-31-29-27-25-23-21-19-17-14-11-8-5-2/h8,11,17,19,23,25,29,31,40,43,47,49,71H,4-7,9-10,12-16,18,20-22,24,26-28,30,32-39,41-42,44-46,48,50-70H2,1-3H3/b11-8-,19-17-,25-23-,31-29-,43-40-,49-47-. The Bertz CT molecular complexity index is 1470. The molecule has 0 fully saturated rings. The van der Waals surface area contributed by atoms with Crippen molar-refractivity contribution in [2.24, 2.45) is 0 Å². The molecule has 6 nitrogen and oxygen atoms in total. The Labute approximate surface area is 497 Å². The lowest BCUT2D eigenvalue weighted by molar-refractivity contribution is -0.167. The smallest absolute Gasteiger partial charge is 0.306 e. The molecule has 0 saturated heterocycles. The molecular formula is C74H132O6. The number of ether oxygens (including phenoxy) is 3. The molecular weight excluding hydrogens is 985 g/mol. The minimum absolute atomic E-state index is 0.0781. The maximum atomic E-state index is 12.9. The van der Waals surface area contributed by atoms with Gasteiger partial charge in [0, 0.05) is 19.3 Å². The first-order valence-electron chi connectivity index (χ1n) is 34.9. The molecule has 0 heterocycles. The molecule has 0 rings (SSSR count). The second-order valence-corrected chi connectivity index (χ2v) is 23.4. The molecule has 6 heteroatoms. The fourth-order valence-corrected chi connectivity index (χ4v) is 10.3. The molecule has 464 valence electrons. The van der Waals surface area contributed by atoms with Gasteiger partial charge < -0.3 is 14.2 Å². The predicted octanol–water partition coefficient (Wildman–Crippen LogP) is 24.1. The van der Waals surface area contributed by atoms with E-state index in [9.17, 15) is 14.4 Å². The van der Waals surface area contributed by atoms with Crippen molar-refractivity contribution in [3.8, 4) is 0 Å². The zero-order valence-electron chi connectivity index (χ0n) is 53.3. The van der Waals surface area contributed by atoms with Crippen LogP contribution in [0.15, 0.2) is 72.9 Å². The maximum absolute atomic E-state index is 12.9. The van der Waals surface area contributed by atoms with E-state index in [4.69, 9.17) is 14.2 Å². The summed E-state index contributed by atoms with van der Waals surface area (Å²) in [5.41, 5.74) is 0. The van der Waals surface area contributed by atoms with Gasteiger partial charge in [0.05, 0.1) is 0 Å². The summed E-state index contributed by atoms with van der Waals surface area (Å²) in [7, 11) is 0. The van der Waals surface area contributed by atoms with Gasteiger partial charge >= 0.3 is 17.9 Å². The molecule has 0 amide bonds. The summed E-state index contributed by atoms with van der Waals surface area (Å²) in [5, 5.41) is 0. The number of unbranched alkanes of at least 4 members (excludes halogenated alkanes) is 41. The number of allylic oxidation sites excluding steroid dienone is 12. The predicted molar refractivity (Wildman–Crippen MR) is 348 cm³/mol. The van der Waals surface area contributed by atoms with Gasteiger partial charge in [0.2, 0.25) is 0 Å². The number of carbonyl (C=O) groups is 3. The van der Waals surface area contributed by atoms with E-state index in [1.807, 2.05) is 0 Å². The Morgan fingerprint density at radius 3 is 0.762 bits per heavy atom. The van der Waals surface area contributed by atoms with Gasteiger partial charge in [-0.05, 0) is 70.6 Å². The highest BCUT2D eigenvalue weighted by molar-refractivity contribution is 5.71. The molecule has 0 bridgehead atoms. The molecule has 1 unspecified atom stereocenters. The van der Waals surface area contributed by atoms with Gasteiger partial charge in [-0.2, -0.15) is 0 Å². The van der Waals surface area contributed by atoms with E-state index in [0.29, 0.717) is 19.3 Å². The van der Waals surface area contributed by atoms with Crippen LogP contribution in [0.4, 0.5) is 0 Å². The van der Waals surface area contributed by atoms with Crippen LogP contribution in [0.1, 0.15) is 361 Å². The Hall–Kier alpha value is -3.15. The molecule has 0 aliphatic rings. The van der Waals surface area contributed by atoms with Crippen molar-refractivity contribution in [3.63, 3.8) is 0 Å². The van der Waals surface area contributed by atoms with Crippen molar-refractivity contribution in [3.05, 3.63) is 72.9 Å². The molecule has 0 aromatic heterocycles. The second kappa shape index (κ2) is 68.3. The lowest BCUT2D eigenvalue weighted by Crippen LogP contribution is -2.30. The quantitative estimate of drug-likeness (QED) is 0.0261. The van der Waals surface area contributed by atoms with E-state index >= 15 is 0 Å². The summed E-state index contributed by atoms with van der Waals surface area (Å²) in [5.74, 6) is -0.887. The van der Waals surface area contributed by atoms with Crippen molar-refractivity contribution in [2.75, 3.05) is 13.2 Å². The maximum Gasteiger partial charge on any atom is 0.306 e. The van der Waals surface area contributed by atoms with Crippen LogP contribution >= 0.6 is 0 Å². The van der Waals surface area contributed by atoms with E-state index < -0.39 is 6.10 Å². The first-order chi connectivity index (χ1) is 39.5. The Morgan fingerprint density at radius 1 is 0.263 bits per heavy atom. The Balaban J connectivity index is 4.02. The van der Waals surface area contributed by atoms with Crippen LogP contribution in [-0.2, 0) is 28.6 Å². The average molecular weight is 1120 g/mol. The number of hydrogen-bond acceptors (Lipinski definition) is 6. The summed E-state index contributed by atoms with van der Waals surface area (Å²) in [6.45, 7) is 6.50. The van der Waals surface area contributed by atoms with Crippen LogP contribution in [0.3, 0.4) is 0 Å². The highest BCUT2D eigenvalue weighted by Crippen LogP contribution is 2.18. The Morgan fingerprint density at radius 2 is 0.487 bits per heavy atom. The summed E-state index contributed by atoms with van der Waals surface area (Å²) >= 11 is 0. The van der Waals surface area contributed by atoms with Gasteiger partial charge in [0.15, 0.2) is 6.10 Å². The molecule has 80 heavy (non-hydrogen) atoms. The van der Waals surface area contributed by atoms with Crippen LogP contribution in [0.5, 0.6) is 0 Å². The van der Waals surface area contributed by atoms with Crippen molar-refractivity contribution < 1.29 is 28.6 Å². The molecule has 0 aromatic carbocycles. The van der Waals surface area contributed by atoms with Gasteiger partial charge in [0.25, 0.3) is 0 Å². The minimum Gasteiger partial charge on any atom is -0.462 e. The van der Waals surface area contributed by atoms with Crippen LogP contribution < -0.4 is 0 Å². The molecule has 0 radical (unpaired) electrons. The second-order valence-electron chi connectivity index (χ2n) is 23.4. The molecule has 0 aliphatic carbocycles. The zero-order chi connectivity index (χ0) is 57.8. The minimum atomic E-state index is -0.780. The Kier molecular flexibility index (Phi) is 65.7. The van der Waals surface area contributed by atoms with Crippen LogP contribution in [0.2, 0.25) is 0 Å². The van der Waals surface area contributed by atoms with Crippen molar-refractivity contribution in [1.29, 1.82) is 0 Å². The first-order valence-corrected chi connectivity index (χ1v) is 34.9. The zero-order valence-corrected chi connectivity index (χ0v) is 53.3. The van der Waals surface area contributed by atoms with Gasteiger partial charge in [0.1, 0.15) is 13.2 Å². The SMILES string of the molecule is CC/C=C\C/C=C\C/C=C\C/C=C\C/C=C\C/C=C\CCCCCCCCC(=O)OC(COC(=O)CCCCCCCC)COC(=O)CCCCCCCCCCCCCCCCCCCCCCCCCCCCCCCCC. The largest absolute Gasteiger partial charge is 0.462 e. The van der Waals surface area contributed by atoms with E-state index in [1.165, 1.54) is 212 Å². The first kappa shape index (κ1) is 76.9. The van der Waals surface area contributed by atoms with Crippen LogP contribution in [0.25, 0.3) is 0 Å². The molecule has 0 aliphatic heterocycles. The third-order valence-electron chi connectivity index (χ3n) is 15.5. The van der Waals surface area contributed by atoms with Crippen LogP contribution in [0, 0.1) is 0 Å². The van der Waals surface area contributed by atoms with Gasteiger partial charge in [-0.1, -0.05) is 344 Å². The monoisotopic (exact) mass is 1120 g/mol. The highest BCUT2D eigenvalue weighted by atomic mass is 16.6. The van der Waals surface area contributed by atoms with E-state index in [1.54, 1.807) is 0 Å². The summed E-state index contributed by atoms with van der Waals surface area (Å²) in [6.07, 6.45) is 89.8. The van der Waals surface area contributed by atoms with E-state index in [2.05, 4.69) is 93.7 Å². The fourth-order valence-electron chi connectivity index (χ4n) is 10.3. The van der Waals surface area contributed by atoms with Crippen molar-refractivity contribution >= 4 is 17.9 Å². The third-order valence-corrected chi connectivity index (χ3v) is 15.5. The lowest BCUT2D eigenvalue weighted by Gasteiger charge is -2.18. The molecule has 0 aromatic rings. The number of rotatable bonds is 64. The molecule has 0 N–H and O–H groups in total. The number of carbonyl (C=O) groups excluding carboxylic acids is 3. The normalized spacial score (nSPS) is 12.5. The van der Waals surface area contributed by atoms with Gasteiger partial charge in [-0.25, -0.2) is 0 Å². The number of hydrogen-bond donors (Lipinski definition) is 0.